The third-order valence-electron chi connectivity index (χ3n) is 3.29. The Kier molecular flexibility index (Phi) is 4.28. The second-order valence-corrected chi connectivity index (χ2v) is 5.73. The highest BCUT2D eigenvalue weighted by Crippen LogP contribution is 2.28. The first-order valence-corrected chi connectivity index (χ1v) is 7.53. The molecule has 0 saturated heterocycles. The highest BCUT2D eigenvalue weighted by molar-refractivity contribution is 6.42. The monoisotopic (exact) mass is 346 g/mol. The van der Waals surface area contributed by atoms with E-state index >= 15 is 0 Å². The van der Waals surface area contributed by atoms with Gasteiger partial charge >= 0.3 is 6.03 Å². The van der Waals surface area contributed by atoms with Crippen LogP contribution in [0.2, 0.25) is 10.0 Å². The van der Waals surface area contributed by atoms with Gasteiger partial charge in [0.25, 0.3) is 0 Å². The van der Waals surface area contributed by atoms with Crippen molar-refractivity contribution in [3.05, 3.63) is 64.6 Å². The molecule has 0 saturated carbocycles. The van der Waals surface area contributed by atoms with E-state index < -0.39 is 6.03 Å². The molecule has 0 atom stereocenters. The van der Waals surface area contributed by atoms with Crippen molar-refractivity contribution in [1.29, 1.82) is 0 Å². The summed E-state index contributed by atoms with van der Waals surface area (Å²) in [7, 11) is 0. The maximum absolute atomic E-state index is 12.1. The molecule has 6 heteroatoms. The quantitative estimate of drug-likeness (QED) is 0.573. The van der Waals surface area contributed by atoms with E-state index in [4.69, 9.17) is 23.2 Å². The normalized spacial score (nSPS) is 10.5. The maximum atomic E-state index is 12.1. The van der Waals surface area contributed by atoms with Crippen molar-refractivity contribution >= 4 is 51.4 Å². The van der Waals surface area contributed by atoms with Crippen molar-refractivity contribution < 1.29 is 9.90 Å². The number of benzene rings is 3. The first-order valence-electron chi connectivity index (χ1n) is 6.78. The molecule has 0 aliphatic carbocycles. The predicted molar refractivity (Wildman–Crippen MR) is 94.7 cm³/mol. The number of phenolic OH excluding ortho intramolecular Hbond substituents is 1. The van der Waals surface area contributed by atoms with E-state index in [9.17, 15) is 9.90 Å². The Morgan fingerprint density at radius 2 is 1.74 bits per heavy atom. The van der Waals surface area contributed by atoms with Crippen LogP contribution >= 0.6 is 23.2 Å². The number of rotatable bonds is 2. The molecule has 0 aliphatic heterocycles. The Labute approximate surface area is 142 Å². The molecule has 116 valence electrons. The molecule has 4 nitrogen and oxygen atoms in total. The number of hydrogen-bond donors (Lipinski definition) is 3. The highest BCUT2D eigenvalue weighted by Gasteiger charge is 2.08. The Balaban J connectivity index is 1.82. The average molecular weight is 347 g/mol. The zero-order chi connectivity index (χ0) is 16.4. The van der Waals surface area contributed by atoms with Crippen LogP contribution in [0.5, 0.6) is 5.75 Å². The molecule has 0 bridgehead atoms. The van der Waals surface area contributed by atoms with Crippen LogP contribution in [0.4, 0.5) is 16.2 Å². The lowest BCUT2D eigenvalue weighted by molar-refractivity contribution is 0.262. The molecule has 0 aromatic heterocycles. The number of anilines is 2. The summed E-state index contributed by atoms with van der Waals surface area (Å²) in [6, 6.07) is 14.9. The van der Waals surface area contributed by atoms with Gasteiger partial charge in [-0.2, -0.15) is 0 Å². The molecule has 0 spiro atoms. The SMILES string of the molecule is O=C(Nc1ccc(Cl)c(Cl)c1)Nc1cccc2ccc(O)cc12. The molecule has 0 unspecified atom stereocenters. The number of carbonyl (C=O) groups is 1. The summed E-state index contributed by atoms with van der Waals surface area (Å²) in [6.45, 7) is 0. The summed E-state index contributed by atoms with van der Waals surface area (Å²) in [6.07, 6.45) is 0. The van der Waals surface area contributed by atoms with Gasteiger partial charge in [0.15, 0.2) is 0 Å². The lowest BCUT2D eigenvalue weighted by Gasteiger charge is -2.11. The largest absolute Gasteiger partial charge is 0.508 e. The Hall–Kier alpha value is -2.43. The summed E-state index contributed by atoms with van der Waals surface area (Å²) in [4.78, 5) is 12.1. The third kappa shape index (κ3) is 3.50. The van der Waals surface area contributed by atoms with E-state index in [1.165, 1.54) is 0 Å². The fraction of sp³-hybridized carbons (Fsp3) is 0. The average Bonchev–Trinajstić information content (AvgIpc) is 2.51. The minimum atomic E-state index is -0.417. The van der Waals surface area contributed by atoms with Gasteiger partial charge in [0.1, 0.15) is 5.75 Å². The van der Waals surface area contributed by atoms with Gasteiger partial charge in [0.2, 0.25) is 0 Å². The lowest BCUT2D eigenvalue weighted by Crippen LogP contribution is -2.19. The van der Waals surface area contributed by atoms with E-state index in [1.807, 2.05) is 12.1 Å². The summed E-state index contributed by atoms with van der Waals surface area (Å²) in [5.74, 6) is 0.136. The summed E-state index contributed by atoms with van der Waals surface area (Å²) < 4.78 is 0. The molecular weight excluding hydrogens is 335 g/mol. The summed E-state index contributed by atoms with van der Waals surface area (Å²) in [5, 5.41) is 17.5. The Morgan fingerprint density at radius 3 is 2.52 bits per heavy atom. The standard InChI is InChI=1S/C17H12Cl2N2O2/c18-14-7-5-11(8-15(14)19)20-17(23)21-16-3-1-2-10-4-6-12(22)9-13(10)16/h1-9,22H,(H2,20,21,23). The fourth-order valence-corrected chi connectivity index (χ4v) is 2.53. The molecule has 3 aromatic carbocycles. The van der Waals surface area contributed by atoms with E-state index in [0.29, 0.717) is 21.4 Å². The zero-order valence-electron chi connectivity index (χ0n) is 11.8. The second-order valence-electron chi connectivity index (χ2n) is 4.92. The van der Waals surface area contributed by atoms with E-state index in [1.54, 1.807) is 42.5 Å². The van der Waals surface area contributed by atoms with Gasteiger partial charge in [-0.3, -0.25) is 0 Å². The molecular formula is C17H12Cl2N2O2. The van der Waals surface area contributed by atoms with Gasteiger partial charge in [-0.25, -0.2) is 4.79 Å². The fourth-order valence-electron chi connectivity index (χ4n) is 2.23. The number of urea groups is 1. The van der Waals surface area contributed by atoms with Crippen LogP contribution in [0.3, 0.4) is 0 Å². The van der Waals surface area contributed by atoms with E-state index in [2.05, 4.69) is 10.6 Å². The molecule has 2 amide bonds. The van der Waals surface area contributed by atoms with Crippen LogP contribution in [0.15, 0.2) is 54.6 Å². The van der Waals surface area contributed by atoms with E-state index in [0.717, 1.165) is 10.8 Å². The van der Waals surface area contributed by atoms with E-state index in [-0.39, 0.29) is 5.75 Å². The topological polar surface area (TPSA) is 61.4 Å². The van der Waals surface area contributed by atoms with Gasteiger partial charge in [-0.05, 0) is 41.8 Å². The van der Waals surface area contributed by atoms with Gasteiger partial charge in [-0.1, -0.05) is 41.4 Å². The van der Waals surface area contributed by atoms with Crippen LogP contribution < -0.4 is 10.6 Å². The summed E-state index contributed by atoms with van der Waals surface area (Å²) >= 11 is 11.8. The molecule has 3 N–H and O–H groups in total. The number of amides is 2. The zero-order valence-corrected chi connectivity index (χ0v) is 13.3. The molecule has 0 heterocycles. The van der Waals surface area contributed by atoms with Crippen LogP contribution in [0, 0.1) is 0 Å². The number of fused-ring (bicyclic) bond motifs is 1. The van der Waals surface area contributed by atoms with Crippen LogP contribution in [-0.4, -0.2) is 11.1 Å². The number of halogens is 2. The molecule has 3 aromatic rings. The number of nitrogens with one attached hydrogen (secondary N) is 2. The summed E-state index contributed by atoms with van der Waals surface area (Å²) in [5.41, 5.74) is 1.12. The van der Waals surface area contributed by atoms with Crippen LogP contribution in [-0.2, 0) is 0 Å². The molecule has 0 aliphatic rings. The van der Waals surface area contributed by atoms with Crippen molar-refractivity contribution in [2.24, 2.45) is 0 Å². The number of phenols is 1. The van der Waals surface area contributed by atoms with Gasteiger partial charge < -0.3 is 15.7 Å². The van der Waals surface area contributed by atoms with Crippen molar-refractivity contribution in [1.82, 2.24) is 0 Å². The second kappa shape index (κ2) is 6.36. The Morgan fingerprint density at radius 1 is 0.913 bits per heavy atom. The van der Waals surface area contributed by atoms with Gasteiger partial charge in [-0.15, -0.1) is 0 Å². The Bertz CT molecular complexity index is 897. The minimum absolute atomic E-state index is 0.136. The minimum Gasteiger partial charge on any atom is -0.508 e. The van der Waals surface area contributed by atoms with Crippen LogP contribution in [0.25, 0.3) is 10.8 Å². The molecule has 3 rings (SSSR count). The molecule has 0 fully saturated rings. The molecule has 23 heavy (non-hydrogen) atoms. The smallest absolute Gasteiger partial charge is 0.323 e. The van der Waals surface area contributed by atoms with Crippen molar-refractivity contribution in [3.8, 4) is 5.75 Å². The third-order valence-corrected chi connectivity index (χ3v) is 4.03. The highest BCUT2D eigenvalue weighted by atomic mass is 35.5. The van der Waals surface area contributed by atoms with Crippen molar-refractivity contribution in [3.63, 3.8) is 0 Å². The number of carbonyl (C=O) groups excluding carboxylic acids is 1. The first-order chi connectivity index (χ1) is 11.0. The van der Waals surface area contributed by atoms with Crippen molar-refractivity contribution in [2.45, 2.75) is 0 Å². The van der Waals surface area contributed by atoms with Crippen LogP contribution in [0.1, 0.15) is 0 Å². The maximum Gasteiger partial charge on any atom is 0.323 e. The van der Waals surface area contributed by atoms with Gasteiger partial charge in [0.05, 0.1) is 15.7 Å². The predicted octanol–water partition coefficient (Wildman–Crippen LogP) is 5.50. The first kappa shape index (κ1) is 15.5. The lowest BCUT2D eigenvalue weighted by atomic mass is 10.1. The number of hydrogen-bond acceptors (Lipinski definition) is 2. The van der Waals surface area contributed by atoms with Gasteiger partial charge in [0, 0.05) is 11.1 Å². The molecule has 0 radical (unpaired) electrons. The van der Waals surface area contributed by atoms with Crippen molar-refractivity contribution in [2.75, 3.05) is 10.6 Å². The number of aromatic hydroxyl groups is 1.